The Bertz CT molecular complexity index is 3010. The third-order valence-corrected chi connectivity index (χ3v) is 12.0. The van der Waals surface area contributed by atoms with E-state index in [2.05, 4.69) is 179 Å². The Kier molecular flexibility index (Phi) is 6.28. The van der Waals surface area contributed by atoms with Crippen LogP contribution in [0.15, 0.2) is 164 Å². The summed E-state index contributed by atoms with van der Waals surface area (Å²) in [5.41, 5.74) is 13.9. The van der Waals surface area contributed by atoms with Crippen molar-refractivity contribution in [3.05, 3.63) is 175 Å². The highest BCUT2D eigenvalue weighted by Gasteiger charge is 2.24. The minimum absolute atomic E-state index is 1.01. The third-order valence-electron chi connectivity index (χ3n) is 10.8. The fourth-order valence-electron chi connectivity index (χ4n) is 8.56. The molecule has 0 N–H and O–H groups in total. The van der Waals surface area contributed by atoms with E-state index in [4.69, 9.17) is 0 Å². The molecule has 0 unspecified atom stereocenters. The zero-order valence-electron chi connectivity index (χ0n) is 27.9. The predicted octanol–water partition coefficient (Wildman–Crippen LogP) is 13.4. The molecule has 10 aromatic rings. The summed E-state index contributed by atoms with van der Waals surface area (Å²) in [6, 6.07) is 58.0. The number of thiophene rings is 1. The van der Waals surface area contributed by atoms with Crippen molar-refractivity contribution >= 4 is 70.3 Å². The first-order valence-corrected chi connectivity index (χ1v) is 18.6. The summed E-state index contributed by atoms with van der Waals surface area (Å²) < 4.78 is 7.68. The Morgan fingerprint density at radius 2 is 1.18 bits per heavy atom. The van der Waals surface area contributed by atoms with E-state index >= 15 is 0 Å². The fraction of sp³-hybridized carbons (Fsp3) is 0.0417. The Labute approximate surface area is 299 Å². The second-order valence-electron chi connectivity index (χ2n) is 13.6. The van der Waals surface area contributed by atoms with E-state index in [0.717, 1.165) is 12.8 Å². The van der Waals surface area contributed by atoms with Gasteiger partial charge < -0.3 is 9.13 Å². The molecule has 11 rings (SSSR count). The van der Waals surface area contributed by atoms with E-state index in [9.17, 15) is 0 Å². The number of rotatable bonds is 4. The van der Waals surface area contributed by atoms with E-state index in [1.807, 2.05) is 11.3 Å². The van der Waals surface area contributed by atoms with Gasteiger partial charge in [-0.2, -0.15) is 0 Å². The summed E-state index contributed by atoms with van der Waals surface area (Å²) in [6.45, 7) is 0. The van der Waals surface area contributed by atoms with Crippen molar-refractivity contribution in [3.8, 4) is 33.6 Å². The molecule has 0 saturated carbocycles. The Morgan fingerprint density at radius 3 is 2.06 bits per heavy atom. The van der Waals surface area contributed by atoms with Crippen LogP contribution in [0.2, 0.25) is 0 Å². The maximum absolute atomic E-state index is 2.54. The van der Waals surface area contributed by atoms with Crippen molar-refractivity contribution in [2.45, 2.75) is 12.8 Å². The SMILES string of the molecule is C1=Cc2c(n(-c3cccc(-c4cccc5c4sc4ccccc45)c3)c3ccc4c(c5ccccc5n4-c4ccc(-c5ccccc5)cc4)c23)CC1. The van der Waals surface area contributed by atoms with Gasteiger partial charge in [-0.15, -0.1) is 11.3 Å². The van der Waals surface area contributed by atoms with Crippen LogP contribution in [0.5, 0.6) is 0 Å². The van der Waals surface area contributed by atoms with Gasteiger partial charge in [-0.3, -0.25) is 0 Å². The van der Waals surface area contributed by atoms with Crippen LogP contribution in [0, 0.1) is 0 Å². The second kappa shape index (κ2) is 11.2. The molecule has 3 heterocycles. The minimum Gasteiger partial charge on any atom is -0.313 e. The zero-order chi connectivity index (χ0) is 33.5. The summed E-state index contributed by atoms with van der Waals surface area (Å²) in [6.07, 6.45) is 6.78. The Morgan fingerprint density at radius 1 is 0.471 bits per heavy atom. The number of aromatic nitrogens is 2. The van der Waals surface area contributed by atoms with Crippen molar-refractivity contribution in [2.24, 2.45) is 0 Å². The quantitative estimate of drug-likeness (QED) is 0.177. The minimum atomic E-state index is 1.01. The smallest absolute Gasteiger partial charge is 0.0548 e. The Balaban J connectivity index is 1.13. The normalized spacial score (nSPS) is 12.9. The maximum atomic E-state index is 2.54. The summed E-state index contributed by atoms with van der Waals surface area (Å²) >= 11 is 1.90. The summed E-state index contributed by atoms with van der Waals surface area (Å²) in [5, 5.41) is 6.62. The van der Waals surface area contributed by atoms with Crippen LogP contribution in [0.4, 0.5) is 0 Å². The molecule has 2 nitrogen and oxygen atoms in total. The van der Waals surface area contributed by atoms with Gasteiger partial charge in [-0.25, -0.2) is 0 Å². The average molecular weight is 669 g/mol. The van der Waals surface area contributed by atoms with Crippen molar-refractivity contribution in [3.63, 3.8) is 0 Å². The number of hydrogen-bond donors (Lipinski definition) is 0. The molecule has 0 aliphatic heterocycles. The lowest BCUT2D eigenvalue weighted by atomic mass is 9.99. The molecule has 1 aliphatic carbocycles. The standard InChI is InChI=1S/C48H32N2S/c1-2-12-31(13-3-1)32-24-26-34(27-25-32)49-41-21-7-4-17-39(41)46-43(49)28-29-44-47(46)40-18-5-8-22-42(40)50(44)35-15-10-14-33(30-35)36-19-11-20-38-37-16-6-9-23-45(37)51-48(36)38/h1-7,9-21,23-30H,8,22H2. The molecule has 3 aromatic heterocycles. The number of benzene rings is 7. The predicted molar refractivity (Wildman–Crippen MR) is 219 cm³/mol. The number of allylic oxidation sites excluding steroid dienone is 1. The van der Waals surface area contributed by atoms with Crippen LogP contribution in [0.25, 0.3) is 92.6 Å². The first-order valence-electron chi connectivity index (χ1n) is 17.7. The van der Waals surface area contributed by atoms with Crippen LogP contribution in [-0.2, 0) is 6.42 Å². The topological polar surface area (TPSA) is 9.86 Å². The second-order valence-corrected chi connectivity index (χ2v) is 14.6. The van der Waals surface area contributed by atoms with Crippen molar-refractivity contribution in [2.75, 3.05) is 0 Å². The highest BCUT2D eigenvalue weighted by atomic mass is 32.1. The van der Waals surface area contributed by atoms with Crippen molar-refractivity contribution in [1.82, 2.24) is 9.13 Å². The molecule has 240 valence electrons. The molecule has 3 heteroatoms. The molecule has 0 bridgehead atoms. The molecular formula is C48H32N2S. The lowest BCUT2D eigenvalue weighted by Gasteiger charge is -2.15. The van der Waals surface area contributed by atoms with Crippen molar-refractivity contribution in [1.29, 1.82) is 0 Å². The highest BCUT2D eigenvalue weighted by molar-refractivity contribution is 7.26. The van der Waals surface area contributed by atoms with E-state index in [1.54, 1.807) is 0 Å². The van der Waals surface area contributed by atoms with Crippen LogP contribution in [-0.4, -0.2) is 9.13 Å². The van der Waals surface area contributed by atoms with Gasteiger partial charge in [-0.05, 0) is 83.6 Å². The van der Waals surface area contributed by atoms with Gasteiger partial charge in [0.25, 0.3) is 0 Å². The molecule has 7 aromatic carbocycles. The van der Waals surface area contributed by atoms with Gasteiger partial charge in [0.05, 0.1) is 16.6 Å². The lowest BCUT2D eigenvalue weighted by Crippen LogP contribution is -2.03. The zero-order valence-corrected chi connectivity index (χ0v) is 28.7. The monoisotopic (exact) mass is 668 g/mol. The summed E-state index contributed by atoms with van der Waals surface area (Å²) in [7, 11) is 0. The van der Waals surface area contributed by atoms with Crippen LogP contribution in [0.3, 0.4) is 0 Å². The van der Waals surface area contributed by atoms with Gasteiger partial charge in [0.15, 0.2) is 0 Å². The van der Waals surface area contributed by atoms with E-state index in [0.29, 0.717) is 0 Å². The number of hydrogen-bond acceptors (Lipinski definition) is 1. The van der Waals surface area contributed by atoms with Gasteiger partial charge >= 0.3 is 0 Å². The molecule has 1 aliphatic rings. The van der Waals surface area contributed by atoms with Gasteiger partial charge in [0.2, 0.25) is 0 Å². The maximum Gasteiger partial charge on any atom is 0.0548 e. The van der Waals surface area contributed by atoms with Crippen LogP contribution in [0.1, 0.15) is 17.7 Å². The molecule has 0 radical (unpaired) electrons. The largest absolute Gasteiger partial charge is 0.313 e. The molecule has 0 atom stereocenters. The summed E-state index contributed by atoms with van der Waals surface area (Å²) in [5.74, 6) is 0. The van der Waals surface area contributed by atoms with Gasteiger partial charge in [-0.1, -0.05) is 121 Å². The highest BCUT2D eigenvalue weighted by Crippen LogP contribution is 2.44. The molecule has 0 spiro atoms. The first kappa shape index (κ1) is 28.7. The third kappa shape index (κ3) is 4.28. The molecule has 0 saturated heterocycles. The first-order chi connectivity index (χ1) is 25.3. The lowest BCUT2D eigenvalue weighted by molar-refractivity contribution is 0.889. The Hall–Kier alpha value is -6.16. The van der Waals surface area contributed by atoms with Crippen LogP contribution < -0.4 is 0 Å². The average Bonchev–Trinajstić information content (AvgIpc) is 3.86. The fourth-order valence-corrected chi connectivity index (χ4v) is 9.80. The molecular weight excluding hydrogens is 637 g/mol. The van der Waals surface area contributed by atoms with E-state index in [1.165, 1.54) is 97.8 Å². The number of nitrogens with zero attached hydrogens (tertiary/aromatic N) is 2. The summed E-state index contributed by atoms with van der Waals surface area (Å²) in [4.78, 5) is 0. The van der Waals surface area contributed by atoms with E-state index in [-0.39, 0.29) is 0 Å². The number of para-hydroxylation sites is 1. The van der Waals surface area contributed by atoms with Gasteiger partial charge in [0.1, 0.15) is 0 Å². The van der Waals surface area contributed by atoms with Crippen molar-refractivity contribution < 1.29 is 0 Å². The van der Waals surface area contributed by atoms with E-state index < -0.39 is 0 Å². The molecule has 0 fully saturated rings. The number of fused-ring (bicyclic) bond motifs is 10. The molecule has 0 amide bonds. The van der Waals surface area contributed by atoms with Gasteiger partial charge in [0, 0.05) is 59.0 Å². The molecule has 51 heavy (non-hydrogen) atoms. The van der Waals surface area contributed by atoms with Crippen LogP contribution >= 0.6 is 11.3 Å².